The van der Waals surface area contributed by atoms with Crippen LogP contribution in [0.15, 0.2) is 48.5 Å². The fourth-order valence-corrected chi connectivity index (χ4v) is 3.31. The molecule has 2 aromatic carbocycles. The molecule has 0 radical (unpaired) electrons. The van der Waals surface area contributed by atoms with Crippen LogP contribution in [0.5, 0.6) is 0 Å². The second kappa shape index (κ2) is 9.09. The van der Waals surface area contributed by atoms with Gasteiger partial charge in [-0.25, -0.2) is 0 Å². The van der Waals surface area contributed by atoms with Crippen molar-refractivity contribution in [2.75, 3.05) is 41.8 Å². The van der Waals surface area contributed by atoms with Crippen LogP contribution in [0.25, 0.3) is 0 Å². The number of morpholine rings is 1. The first-order chi connectivity index (χ1) is 14.6. The van der Waals surface area contributed by atoms with E-state index in [1.54, 1.807) is 0 Å². The third-order valence-corrected chi connectivity index (χ3v) is 5.03. The molecule has 156 valence electrons. The van der Waals surface area contributed by atoms with Crippen molar-refractivity contribution in [1.29, 1.82) is 0 Å². The van der Waals surface area contributed by atoms with Crippen LogP contribution in [-0.2, 0) is 4.74 Å². The highest BCUT2D eigenvalue weighted by molar-refractivity contribution is 5.60. The van der Waals surface area contributed by atoms with E-state index in [4.69, 9.17) is 4.74 Å². The summed E-state index contributed by atoms with van der Waals surface area (Å²) < 4.78 is 5.47. The largest absolute Gasteiger partial charge is 0.378 e. The summed E-state index contributed by atoms with van der Waals surface area (Å²) in [5.41, 5.74) is 4.36. The number of hydrogen-bond acceptors (Lipinski definition) is 7. The van der Waals surface area contributed by atoms with Gasteiger partial charge >= 0.3 is 0 Å². The summed E-state index contributed by atoms with van der Waals surface area (Å²) in [7, 11) is 0. The molecule has 3 aromatic rings. The number of aromatic nitrogens is 3. The van der Waals surface area contributed by atoms with Crippen molar-refractivity contribution < 1.29 is 4.74 Å². The van der Waals surface area contributed by atoms with Crippen LogP contribution < -0.4 is 15.5 Å². The van der Waals surface area contributed by atoms with Crippen LogP contribution in [0, 0.1) is 6.92 Å². The maximum Gasteiger partial charge on any atom is 0.233 e. The highest BCUT2D eigenvalue weighted by Crippen LogP contribution is 2.23. The van der Waals surface area contributed by atoms with Gasteiger partial charge in [-0.1, -0.05) is 38.1 Å². The molecule has 0 aliphatic carbocycles. The zero-order chi connectivity index (χ0) is 20.9. The topological polar surface area (TPSA) is 75.2 Å². The number of anilines is 5. The molecule has 0 bridgehead atoms. The lowest BCUT2D eigenvalue weighted by atomic mass is 10.0. The van der Waals surface area contributed by atoms with E-state index in [1.807, 2.05) is 12.1 Å². The average Bonchev–Trinajstić information content (AvgIpc) is 2.75. The van der Waals surface area contributed by atoms with E-state index < -0.39 is 0 Å². The number of rotatable bonds is 6. The standard InChI is InChI=1S/C23H28N6O/c1-16(2)18-7-9-19(10-8-18)24-21-26-22(25-20-6-4-5-17(3)15-20)28-23(27-21)29-11-13-30-14-12-29/h4-10,15-16H,11-14H2,1-3H3,(H2,24,25,26,27,28). The van der Waals surface area contributed by atoms with Gasteiger partial charge in [0, 0.05) is 24.5 Å². The van der Waals surface area contributed by atoms with Gasteiger partial charge in [-0.3, -0.25) is 0 Å². The quantitative estimate of drug-likeness (QED) is 0.620. The lowest BCUT2D eigenvalue weighted by Gasteiger charge is -2.27. The van der Waals surface area contributed by atoms with E-state index >= 15 is 0 Å². The van der Waals surface area contributed by atoms with Gasteiger partial charge in [0.1, 0.15) is 0 Å². The first kappa shape index (κ1) is 20.1. The van der Waals surface area contributed by atoms with E-state index in [2.05, 4.69) is 87.7 Å². The van der Waals surface area contributed by atoms with Crippen molar-refractivity contribution in [3.8, 4) is 0 Å². The molecule has 0 atom stereocenters. The minimum atomic E-state index is 0.495. The number of benzene rings is 2. The minimum absolute atomic E-state index is 0.495. The molecular formula is C23H28N6O. The number of aryl methyl sites for hydroxylation is 1. The monoisotopic (exact) mass is 404 g/mol. The maximum absolute atomic E-state index is 5.47. The van der Waals surface area contributed by atoms with Crippen molar-refractivity contribution in [2.24, 2.45) is 0 Å². The van der Waals surface area contributed by atoms with Gasteiger partial charge in [-0.2, -0.15) is 15.0 Å². The van der Waals surface area contributed by atoms with E-state index in [0.717, 1.165) is 24.5 Å². The molecule has 7 nitrogen and oxygen atoms in total. The fraction of sp³-hybridized carbons (Fsp3) is 0.348. The van der Waals surface area contributed by atoms with Crippen LogP contribution in [0.4, 0.5) is 29.2 Å². The number of nitrogens with one attached hydrogen (secondary N) is 2. The van der Waals surface area contributed by atoms with Crippen molar-refractivity contribution in [3.63, 3.8) is 0 Å². The van der Waals surface area contributed by atoms with E-state index in [0.29, 0.717) is 37.0 Å². The van der Waals surface area contributed by atoms with E-state index in [-0.39, 0.29) is 0 Å². The second-order valence-electron chi connectivity index (χ2n) is 7.78. The van der Waals surface area contributed by atoms with Crippen LogP contribution in [0.2, 0.25) is 0 Å². The fourth-order valence-electron chi connectivity index (χ4n) is 3.31. The third-order valence-electron chi connectivity index (χ3n) is 5.03. The van der Waals surface area contributed by atoms with Gasteiger partial charge in [0.05, 0.1) is 13.2 Å². The lowest BCUT2D eigenvalue weighted by molar-refractivity contribution is 0.122. The van der Waals surface area contributed by atoms with Crippen LogP contribution in [-0.4, -0.2) is 41.3 Å². The van der Waals surface area contributed by atoms with Crippen molar-refractivity contribution in [3.05, 3.63) is 59.7 Å². The van der Waals surface area contributed by atoms with Crippen molar-refractivity contribution in [1.82, 2.24) is 15.0 Å². The Morgan fingerprint density at radius 1 is 0.867 bits per heavy atom. The Bertz CT molecular complexity index is 983. The van der Waals surface area contributed by atoms with Crippen LogP contribution in [0.3, 0.4) is 0 Å². The summed E-state index contributed by atoms with van der Waals surface area (Å²) in [6, 6.07) is 16.5. The summed E-state index contributed by atoms with van der Waals surface area (Å²) >= 11 is 0. The van der Waals surface area contributed by atoms with Gasteiger partial charge in [0.2, 0.25) is 17.8 Å². The van der Waals surface area contributed by atoms with Crippen molar-refractivity contribution in [2.45, 2.75) is 26.7 Å². The Morgan fingerprint density at radius 2 is 1.53 bits per heavy atom. The zero-order valence-corrected chi connectivity index (χ0v) is 17.7. The predicted molar refractivity (Wildman–Crippen MR) is 121 cm³/mol. The Hall–Kier alpha value is -3.19. The summed E-state index contributed by atoms with van der Waals surface area (Å²) in [4.78, 5) is 16.1. The third kappa shape index (κ3) is 5.04. The molecule has 2 heterocycles. The molecular weight excluding hydrogens is 376 g/mol. The summed E-state index contributed by atoms with van der Waals surface area (Å²) in [6.07, 6.45) is 0. The molecule has 0 saturated carbocycles. The van der Waals surface area contributed by atoms with Gasteiger partial charge in [-0.05, 0) is 48.2 Å². The molecule has 1 aromatic heterocycles. The molecule has 0 spiro atoms. The molecule has 4 rings (SSSR count). The molecule has 1 aliphatic rings. The average molecular weight is 405 g/mol. The van der Waals surface area contributed by atoms with Crippen molar-refractivity contribution >= 4 is 29.2 Å². The molecule has 0 amide bonds. The minimum Gasteiger partial charge on any atom is -0.378 e. The Balaban J connectivity index is 1.62. The van der Waals surface area contributed by atoms with Gasteiger partial charge in [0.25, 0.3) is 0 Å². The molecule has 2 N–H and O–H groups in total. The number of hydrogen-bond donors (Lipinski definition) is 2. The maximum atomic E-state index is 5.47. The molecule has 30 heavy (non-hydrogen) atoms. The van der Waals surface area contributed by atoms with Gasteiger partial charge in [-0.15, -0.1) is 0 Å². The zero-order valence-electron chi connectivity index (χ0n) is 17.7. The second-order valence-corrected chi connectivity index (χ2v) is 7.78. The number of nitrogens with zero attached hydrogens (tertiary/aromatic N) is 4. The van der Waals surface area contributed by atoms with E-state index in [9.17, 15) is 0 Å². The normalized spacial score (nSPS) is 14.1. The first-order valence-electron chi connectivity index (χ1n) is 10.4. The van der Waals surface area contributed by atoms with Crippen LogP contribution in [0.1, 0.15) is 30.9 Å². The van der Waals surface area contributed by atoms with Crippen LogP contribution >= 0.6 is 0 Å². The summed E-state index contributed by atoms with van der Waals surface area (Å²) in [5, 5.41) is 6.64. The Labute approximate surface area is 177 Å². The molecule has 1 saturated heterocycles. The first-order valence-corrected chi connectivity index (χ1v) is 10.4. The Morgan fingerprint density at radius 3 is 2.17 bits per heavy atom. The predicted octanol–water partition coefficient (Wildman–Crippen LogP) is 4.63. The summed E-state index contributed by atoms with van der Waals surface area (Å²) in [5.74, 6) is 2.16. The number of ether oxygens (including phenoxy) is 1. The summed E-state index contributed by atoms with van der Waals surface area (Å²) in [6.45, 7) is 9.30. The highest BCUT2D eigenvalue weighted by Gasteiger charge is 2.17. The Kier molecular flexibility index (Phi) is 6.09. The SMILES string of the molecule is Cc1cccc(Nc2nc(Nc3ccc(C(C)C)cc3)nc(N3CCOCC3)n2)c1. The molecule has 7 heteroatoms. The van der Waals surface area contributed by atoms with Gasteiger partial charge < -0.3 is 20.3 Å². The molecule has 1 fully saturated rings. The van der Waals surface area contributed by atoms with E-state index in [1.165, 1.54) is 11.1 Å². The highest BCUT2D eigenvalue weighted by atomic mass is 16.5. The smallest absolute Gasteiger partial charge is 0.233 e. The lowest BCUT2D eigenvalue weighted by Crippen LogP contribution is -2.37. The van der Waals surface area contributed by atoms with Gasteiger partial charge in [0.15, 0.2) is 0 Å². The molecule has 0 unspecified atom stereocenters. The molecule has 1 aliphatic heterocycles.